The van der Waals surface area contributed by atoms with Crippen LogP contribution in [0.4, 0.5) is 5.69 Å². The van der Waals surface area contributed by atoms with E-state index in [2.05, 4.69) is 20.0 Å². The van der Waals surface area contributed by atoms with E-state index >= 15 is 0 Å². The monoisotopic (exact) mass is 341 g/mol. The predicted octanol–water partition coefficient (Wildman–Crippen LogP) is 1.88. The van der Waals surface area contributed by atoms with Gasteiger partial charge in [-0.25, -0.2) is 4.99 Å². The molecular formula is C16H15N5O2S. The van der Waals surface area contributed by atoms with Crippen molar-refractivity contribution in [3.8, 4) is 11.4 Å². The highest BCUT2D eigenvalue weighted by molar-refractivity contribution is 7.02. The number of aromatic nitrogens is 3. The summed E-state index contributed by atoms with van der Waals surface area (Å²) in [5.74, 6) is 0.519. The third kappa shape index (κ3) is 3.85. The van der Waals surface area contributed by atoms with E-state index in [1.54, 1.807) is 36.1 Å². The number of methoxy groups -OCH3 is 1. The molecule has 24 heavy (non-hydrogen) atoms. The highest BCUT2D eigenvalue weighted by atomic mass is 32.1. The van der Waals surface area contributed by atoms with Crippen LogP contribution >= 0.6 is 11.5 Å². The molecule has 0 spiro atoms. The van der Waals surface area contributed by atoms with Crippen molar-refractivity contribution in [2.45, 2.75) is 0 Å². The third-order valence-corrected chi connectivity index (χ3v) is 3.78. The van der Waals surface area contributed by atoms with E-state index in [0.29, 0.717) is 10.5 Å². The lowest BCUT2D eigenvalue weighted by molar-refractivity contribution is -0.114. The molecule has 0 radical (unpaired) electrons. The lowest BCUT2D eigenvalue weighted by Crippen LogP contribution is -2.20. The van der Waals surface area contributed by atoms with Crippen molar-refractivity contribution in [3.63, 3.8) is 0 Å². The molecule has 0 atom stereocenters. The molecule has 1 heterocycles. The van der Waals surface area contributed by atoms with Crippen LogP contribution in [0.15, 0.2) is 59.6 Å². The summed E-state index contributed by atoms with van der Waals surface area (Å²) in [6.07, 6.45) is 0. The molecular weight excluding hydrogens is 326 g/mol. The van der Waals surface area contributed by atoms with Crippen molar-refractivity contribution in [2.75, 3.05) is 19.0 Å². The van der Waals surface area contributed by atoms with Crippen molar-refractivity contribution in [1.29, 1.82) is 0 Å². The molecule has 1 aromatic heterocycles. The highest BCUT2D eigenvalue weighted by Gasteiger charge is 2.04. The minimum atomic E-state index is -0.215. The van der Waals surface area contributed by atoms with Gasteiger partial charge in [-0.3, -0.25) is 4.79 Å². The number of nitrogens with zero attached hydrogens (tertiary/aromatic N) is 4. The summed E-state index contributed by atoms with van der Waals surface area (Å²) in [7, 11) is 1.59. The van der Waals surface area contributed by atoms with Gasteiger partial charge < -0.3 is 10.1 Å². The summed E-state index contributed by atoms with van der Waals surface area (Å²) >= 11 is 1.14. The second-order valence-electron chi connectivity index (χ2n) is 4.79. The quantitative estimate of drug-likeness (QED) is 0.768. The molecule has 0 unspecified atom stereocenters. The van der Waals surface area contributed by atoms with E-state index in [-0.39, 0.29) is 12.5 Å². The smallest absolute Gasteiger partial charge is 0.246 e. The van der Waals surface area contributed by atoms with E-state index in [0.717, 1.165) is 23.0 Å². The van der Waals surface area contributed by atoms with Crippen LogP contribution in [0, 0.1) is 0 Å². The van der Waals surface area contributed by atoms with Crippen LogP contribution < -0.4 is 14.9 Å². The molecule has 0 fully saturated rings. The van der Waals surface area contributed by atoms with Gasteiger partial charge in [0, 0.05) is 17.2 Å². The topological polar surface area (TPSA) is 81.4 Å². The minimum Gasteiger partial charge on any atom is -0.497 e. The summed E-state index contributed by atoms with van der Waals surface area (Å²) in [5, 5.41) is 6.79. The molecule has 7 nitrogen and oxygen atoms in total. The predicted molar refractivity (Wildman–Crippen MR) is 91.3 cm³/mol. The zero-order valence-electron chi connectivity index (χ0n) is 12.9. The van der Waals surface area contributed by atoms with E-state index in [9.17, 15) is 4.79 Å². The van der Waals surface area contributed by atoms with Crippen molar-refractivity contribution >= 4 is 23.1 Å². The zero-order valence-corrected chi connectivity index (χ0v) is 13.7. The highest BCUT2D eigenvalue weighted by Crippen LogP contribution is 2.14. The summed E-state index contributed by atoms with van der Waals surface area (Å²) < 4.78 is 10.6. The fraction of sp³-hybridized carbons (Fsp3) is 0.125. The molecule has 1 amide bonds. The van der Waals surface area contributed by atoms with Crippen LogP contribution in [0.25, 0.3) is 5.69 Å². The molecule has 0 bridgehead atoms. The summed E-state index contributed by atoms with van der Waals surface area (Å²) in [4.78, 5) is 16.9. The second-order valence-corrected chi connectivity index (χ2v) is 5.50. The van der Waals surface area contributed by atoms with Crippen LogP contribution in [0.2, 0.25) is 0 Å². The Morgan fingerprint density at radius 3 is 2.67 bits per heavy atom. The fourth-order valence-electron chi connectivity index (χ4n) is 2.01. The number of hydrogen-bond donors (Lipinski definition) is 1. The van der Waals surface area contributed by atoms with Gasteiger partial charge in [0.05, 0.1) is 12.8 Å². The molecule has 0 aliphatic rings. The maximum Gasteiger partial charge on any atom is 0.246 e. The lowest BCUT2D eigenvalue weighted by Gasteiger charge is -2.04. The summed E-state index contributed by atoms with van der Waals surface area (Å²) in [6.45, 7) is -0.0112. The van der Waals surface area contributed by atoms with E-state index in [1.165, 1.54) is 0 Å². The number of benzene rings is 2. The number of nitrogens with one attached hydrogen (secondary N) is 1. The zero-order chi connectivity index (χ0) is 16.8. The van der Waals surface area contributed by atoms with Gasteiger partial charge in [-0.1, -0.05) is 22.7 Å². The summed E-state index contributed by atoms with van der Waals surface area (Å²) in [5.41, 5.74) is 1.54. The molecule has 0 saturated heterocycles. The first-order valence-corrected chi connectivity index (χ1v) is 7.95. The Bertz CT molecular complexity index is 871. The average molecular weight is 341 g/mol. The van der Waals surface area contributed by atoms with Crippen molar-refractivity contribution in [2.24, 2.45) is 4.99 Å². The Balaban J connectivity index is 1.69. The van der Waals surface area contributed by atoms with Gasteiger partial charge in [-0.05, 0) is 41.6 Å². The normalized spacial score (nSPS) is 11.3. The molecule has 3 aromatic rings. The first kappa shape index (κ1) is 15.9. The molecule has 3 rings (SSSR count). The van der Waals surface area contributed by atoms with Gasteiger partial charge in [0.25, 0.3) is 0 Å². The standard InChI is InChI=1S/C16H15N5O2S/c1-23-14-9-7-12(8-10-14)18-15(22)11-17-16-21(19-20-24-16)13-5-3-2-4-6-13/h2-10H,11H2,1H3,(H,18,22). The SMILES string of the molecule is COc1ccc(NC(=O)CN=c2snnn2-c2ccccc2)cc1. The van der Waals surface area contributed by atoms with Gasteiger partial charge >= 0.3 is 0 Å². The van der Waals surface area contributed by atoms with Gasteiger partial charge in [-0.15, -0.1) is 0 Å². The Morgan fingerprint density at radius 1 is 1.21 bits per heavy atom. The van der Waals surface area contributed by atoms with E-state index < -0.39 is 0 Å². The Kier molecular flexibility index (Phi) is 4.97. The Hall–Kier alpha value is -3.00. The van der Waals surface area contributed by atoms with Gasteiger partial charge in [0.15, 0.2) is 0 Å². The van der Waals surface area contributed by atoms with Gasteiger partial charge in [0.2, 0.25) is 10.7 Å². The van der Waals surface area contributed by atoms with Crippen LogP contribution in [-0.2, 0) is 4.79 Å². The minimum absolute atomic E-state index is 0.0112. The van der Waals surface area contributed by atoms with Gasteiger partial charge in [0.1, 0.15) is 12.3 Å². The van der Waals surface area contributed by atoms with Crippen LogP contribution in [0.1, 0.15) is 0 Å². The Morgan fingerprint density at radius 2 is 1.96 bits per heavy atom. The second kappa shape index (κ2) is 7.51. The molecule has 0 aliphatic carbocycles. The van der Waals surface area contributed by atoms with Gasteiger partial charge in [-0.2, -0.15) is 4.68 Å². The average Bonchev–Trinajstić information content (AvgIpc) is 3.10. The van der Waals surface area contributed by atoms with E-state index in [4.69, 9.17) is 4.74 Å². The number of rotatable bonds is 5. The molecule has 1 N–H and O–H groups in total. The first-order chi connectivity index (χ1) is 11.8. The number of carbonyl (C=O) groups excluding carboxylic acids is 1. The molecule has 122 valence electrons. The number of carbonyl (C=O) groups is 1. The van der Waals surface area contributed by atoms with Crippen molar-refractivity contribution < 1.29 is 9.53 Å². The molecule has 8 heteroatoms. The molecule has 2 aromatic carbocycles. The van der Waals surface area contributed by atoms with Crippen LogP contribution in [0.3, 0.4) is 0 Å². The number of ether oxygens (including phenoxy) is 1. The lowest BCUT2D eigenvalue weighted by atomic mass is 10.3. The number of amides is 1. The van der Waals surface area contributed by atoms with Crippen molar-refractivity contribution in [1.82, 2.24) is 14.4 Å². The van der Waals surface area contributed by atoms with Crippen molar-refractivity contribution in [3.05, 3.63) is 59.4 Å². The largest absolute Gasteiger partial charge is 0.497 e. The number of anilines is 1. The fourth-order valence-corrected chi connectivity index (χ4v) is 2.53. The Labute approximate surface area is 142 Å². The summed E-state index contributed by atoms with van der Waals surface area (Å²) in [6, 6.07) is 16.6. The maximum absolute atomic E-state index is 12.0. The first-order valence-electron chi connectivity index (χ1n) is 7.18. The number of para-hydroxylation sites is 1. The third-order valence-electron chi connectivity index (χ3n) is 3.16. The van der Waals surface area contributed by atoms with Crippen LogP contribution in [-0.4, -0.2) is 33.9 Å². The maximum atomic E-state index is 12.0. The molecule has 0 saturated carbocycles. The number of hydrogen-bond acceptors (Lipinski definition) is 6. The molecule has 0 aliphatic heterocycles. The van der Waals surface area contributed by atoms with Crippen LogP contribution in [0.5, 0.6) is 5.75 Å². The van der Waals surface area contributed by atoms with E-state index in [1.807, 2.05) is 30.3 Å².